The fraction of sp³-hybridized carbons (Fsp3) is 0.371. The lowest BCUT2D eigenvalue weighted by molar-refractivity contribution is -0.132. The van der Waals surface area contributed by atoms with Gasteiger partial charge in [-0.15, -0.1) is 0 Å². The van der Waals surface area contributed by atoms with Crippen molar-refractivity contribution in [3.05, 3.63) is 89.4 Å². The number of nitrogens with one attached hydrogen (secondary N) is 1. The van der Waals surface area contributed by atoms with Gasteiger partial charge in [0.1, 0.15) is 5.82 Å². The van der Waals surface area contributed by atoms with Crippen molar-refractivity contribution in [1.82, 2.24) is 29.9 Å². The normalized spacial score (nSPS) is 17.6. The van der Waals surface area contributed by atoms with Gasteiger partial charge in [0.25, 0.3) is 5.91 Å². The molecule has 10 heteroatoms. The summed E-state index contributed by atoms with van der Waals surface area (Å²) in [7, 11) is 5.82. The lowest BCUT2D eigenvalue weighted by Gasteiger charge is -2.22. The summed E-state index contributed by atoms with van der Waals surface area (Å²) < 4.78 is 8.03. The van der Waals surface area contributed by atoms with E-state index in [4.69, 9.17) is 10.5 Å². The molecular formula is C35H41N7O3. The highest BCUT2D eigenvalue weighted by Crippen LogP contribution is 2.30. The van der Waals surface area contributed by atoms with Gasteiger partial charge in [0.05, 0.1) is 30.5 Å². The maximum absolute atomic E-state index is 13.2. The summed E-state index contributed by atoms with van der Waals surface area (Å²) in [5, 5.41) is 7.35. The van der Waals surface area contributed by atoms with Gasteiger partial charge in [-0.25, -0.2) is 4.98 Å². The summed E-state index contributed by atoms with van der Waals surface area (Å²) in [6, 6.07) is 16.6. The Balaban J connectivity index is 1.04. The number of hydrogen-bond acceptors (Lipinski definition) is 7. The topological polar surface area (TPSA) is 119 Å². The van der Waals surface area contributed by atoms with Crippen molar-refractivity contribution in [3.63, 3.8) is 0 Å². The Kier molecular flexibility index (Phi) is 8.95. The third-order valence-electron chi connectivity index (χ3n) is 8.78. The van der Waals surface area contributed by atoms with E-state index in [2.05, 4.69) is 57.9 Å². The standard InChI is InChI=1S/C35H41N7O3/c1-40(2)14-13-33(43)42-20-26-12-11-25(15-28(26)21-42)24-9-7-23(8-10-24)22-45-32-6-4-5-31(32)39-35(44)30-16-27(17-37-34(30)36)29-18-38-41(3)19-29/h7-12,15-19,31-32H,4-6,13-14,20-22H2,1-3H3,(H2,36,37)(H,39,44)/t31-,32-/m0/s1. The van der Waals surface area contributed by atoms with E-state index < -0.39 is 0 Å². The van der Waals surface area contributed by atoms with Crippen LogP contribution in [0.5, 0.6) is 0 Å². The maximum Gasteiger partial charge on any atom is 0.255 e. The van der Waals surface area contributed by atoms with Gasteiger partial charge in [-0.3, -0.25) is 14.3 Å². The zero-order valence-electron chi connectivity index (χ0n) is 26.2. The minimum atomic E-state index is -0.244. The molecule has 3 N–H and O–H groups in total. The van der Waals surface area contributed by atoms with Crippen LogP contribution >= 0.6 is 0 Å². The van der Waals surface area contributed by atoms with E-state index >= 15 is 0 Å². The van der Waals surface area contributed by atoms with Crippen LogP contribution in [0.2, 0.25) is 0 Å². The van der Waals surface area contributed by atoms with Gasteiger partial charge >= 0.3 is 0 Å². The van der Waals surface area contributed by atoms with E-state index in [9.17, 15) is 9.59 Å². The Morgan fingerprint density at radius 3 is 2.51 bits per heavy atom. The quantitative estimate of drug-likeness (QED) is 0.275. The number of hydrogen-bond donors (Lipinski definition) is 2. The molecule has 1 saturated carbocycles. The molecular weight excluding hydrogens is 566 g/mol. The number of carbonyl (C=O) groups is 2. The minimum absolute atomic E-state index is 0.0793. The van der Waals surface area contributed by atoms with Crippen molar-refractivity contribution in [1.29, 1.82) is 0 Å². The monoisotopic (exact) mass is 607 g/mol. The highest BCUT2D eigenvalue weighted by molar-refractivity contribution is 5.99. The van der Waals surface area contributed by atoms with Crippen LogP contribution in [-0.4, -0.2) is 69.2 Å². The first-order chi connectivity index (χ1) is 21.7. The summed E-state index contributed by atoms with van der Waals surface area (Å²) in [4.78, 5) is 34.1. The average molecular weight is 608 g/mol. The minimum Gasteiger partial charge on any atom is -0.383 e. The number of benzene rings is 2. The summed E-state index contributed by atoms with van der Waals surface area (Å²) in [5.74, 6) is 0.155. The second-order valence-electron chi connectivity index (χ2n) is 12.4. The number of nitrogens with zero attached hydrogens (tertiary/aromatic N) is 5. The zero-order chi connectivity index (χ0) is 31.5. The van der Waals surface area contributed by atoms with Crippen molar-refractivity contribution >= 4 is 17.6 Å². The number of rotatable bonds is 10. The zero-order valence-corrected chi connectivity index (χ0v) is 26.2. The second kappa shape index (κ2) is 13.2. The molecule has 234 valence electrons. The lowest BCUT2D eigenvalue weighted by Crippen LogP contribution is -2.41. The van der Waals surface area contributed by atoms with E-state index in [1.807, 2.05) is 37.1 Å². The van der Waals surface area contributed by atoms with Crippen molar-refractivity contribution in [2.75, 3.05) is 26.4 Å². The highest BCUT2D eigenvalue weighted by Gasteiger charge is 2.30. The molecule has 2 amide bonds. The van der Waals surface area contributed by atoms with Gasteiger partial charge in [0.15, 0.2) is 0 Å². The molecule has 2 aliphatic rings. The Bertz CT molecular complexity index is 1680. The fourth-order valence-electron chi connectivity index (χ4n) is 6.15. The fourth-order valence-corrected chi connectivity index (χ4v) is 6.15. The number of aryl methyl sites for hydroxylation is 1. The van der Waals surface area contributed by atoms with E-state index in [0.717, 1.165) is 53.6 Å². The largest absolute Gasteiger partial charge is 0.383 e. The average Bonchev–Trinajstić information content (AvgIpc) is 3.79. The number of amides is 2. The number of nitrogen functional groups attached to an aromatic ring is 1. The van der Waals surface area contributed by atoms with Crippen LogP contribution < -0.4 is 11.1 Å². The van der Waals surface area contributed by atoms with Crippen LogP contribution in [0.3, 0.4) is 0 Å². The summed E-state index contributed by atoms with van der Waals surface area (Å²) in [6.45, 7) is 2.58. The predicted octanol–water partition coefficient (Wildman–Crippen LogP) is 4.39. The maximum atomic E-state index is 13.2. The van der Waals surface area contributed by atoms with Gasteiger partial charge in [-0.2, -0.15) is 5.10 Å². The number of anilines is 1. The van der Waals surface area contributed by atoms with Gasteiger partial charge in [0.2, 0.25) is 5.91 Å². The molecule has 0 bridgehead atoms. The smallest absolute Gasteiger partial charge is 0.255 e. The number of pyridine rings is 1. The summed E-state index contributed by atoms with van der Waals surface area (Å²) in [5.41, 5.74) is 13.9. The first kappa shape index (κ1) is 30.5. The number of ether oxygens (including phenoxy) is 1. The molecule has 0 spiro atoms. The molecule has 2 aromatic carbocycles. The third kappa shape index (κ3) is 7.08. The second-order valence-corrected chi connectivity index (χ2v) is 12.4. The first-order valence-electron chi connectivity index (χ1n) is 15.5. The van der Waals surface area contributed by atoms with Crippen LogP contribution in [-0.2, 0) is 36.3 Å². The van der Waals surface area contributed by atoms with Crippen LogP contribution in [0.15, 0.2) is 67.1 Å². The lowest BCUT2D eigenvalue weighted by atomic mass is 10.00. The highest BCUT2D eigenvalue weighted by atomic mass is 16.5. The molecule has 2 aromatic heterocycles. The SMILES string of the molecule is CN(C)CCC(=O)N1Cc2ccc(-c3ccc(CO[C@H]4CCC[C@@H]4NC(=O)c4cc(-c5cnn(C)c5)cnc4N)cc3)cc2C1. The van der Waals surface area contributed by atoms with Gasteiger partial charge in [-0.1, -0.05) is 36.4 Å². The van der Waals surface area contributed by atoms with E-state index in [0.29, 0.717) is 31.7 Å². The third-order valence-corrected chi connectivity index (χ3v) is 8.78. The Morgan fingerprint density at radius 2 is 1.76 bits per heavy atom. The number of nitrogens with two attached hydrogens (primary N) is 1. The van der Waals surface area contributed by atoms with E-state index in [1.54, 1.807) is 23.1 Å². The van der Waals surface area contributed by atoms with Crippen LogP contribution in [0.4, 0.5) is 5.82 Å². The molecule has 1 aliphatic carbocycles. The van der Waals surface area contributed by atoms with E-state index in [1.165, 1.54) is 11.1 Å². The predicted molar refractivity (Wildman–Crippen MR) is 174 cm³/mol. The molecule has 0 saturated heterocycles. The number of fused-ring (bicyclic) bond motifs is 1. The molecule has 0 unspecified atom stereocenters. The Labute approximate surface area is 264 Å². The molecule has 2 atom stereocenters. The molecule has 1 fully saturated rings. The molecule has 0 radical (unpaired) electrons. The molecule has 3 heterocycles. The summed E-state index contributed by atoms with van der Waals surface area (Å²) in [6.07, 6.45) is 8.44. The van der Waals surface area contributed by atoms with Crippen molar-refractivity contribution in [2.24, 2.45) is 7.05 Å². The van der Waals surface area contributed by atoms with Crippen LogP contribution in [0, 0.1) is 0 Å². The van der Waals surface area contributed by atoms with Crippen molar-refractivity contribution < 1.29 is 14.3 Å². The van der Waals surface area contributed by atoms with Crippen molar-refractivity contribution in [3.8, 4) is 22.3 Å². The molecule has 10 nitrogen and oxygen atoms in total. The Morgan fingerprint density at radius 1 is 0.978 bits per heavy atom. The first-order valence-corrected chi connectivity index (χ1v) is 15.5. The van der Waals surface area contributed by atoms with Gasteiger partial charge in [0, 0.05) is 56.6 Å². The molecule has 45 heavy (non-hydrogen) atoms. The number of aromatic nitrogens is 3. The molecule has 4 aromatic rings. The van der Waals surface area contributed by atoms with Gasteiger partial charge in [-0.05, 0) is 73.3 Å². The summed E-state index contributed by atoms with van der Waals surface area (Å²) >= 11 is 0. The molecule has 6 rings (SSSR count). The van der Waals surface area contributed by atoms with Gasteiger partial charge < -0.3 is 25.6 Å². The van der Waals surface area contributed by atoms with Crippen molar-refractivity contribution in [2.45, 2.75) is 57.5 Å². The number of carbonyl (C=O) groups excluding carboxylic acids is 2. The van der Waals surface area contributed by atoms with E-state index in [-0.39, 0.29) is 29.8 Å². The van der Waals surface area contributed by atoms with Crippen LogP contribution in [0.1, 0.15) is 52.7 Å². The molecule has 1 aliphatic heterocycles. The Hall–Kier alpha value is -4.54. The van der Waals surface area contributed by atoms with Crippen LogP contribution in [0.25, 0.3) is 22.3 Å².